The first kappa shape index (κ1) is 18.0. The van der Waals surface area contributed by atoms with E-state index < -0.39 is 8.07 Å². The molecule has 0 bridgehead atoms. The summed E-state index contributed by atoms with van der Waals surface area (Å²) in [6.45, 7) is 8.25. The Bertz CT molecular complexity index is 872. The Labute approximate surface area is 154 Å². The number of benzene rings is 2. The zero-order valence-corrected chi connectivity index (χ0v) is 16.7. The normalized spacial score (nSPS) is 12.0. The molecule has 0 saturated carbocycles. The number of rotatable bonds is 6. The van der Waals surface area contributed by atoms with Crippen LogP contribution in [0.25, 0.3) is 22.0 Å². The van der Waals surface area contributed by atoms with E-state index in [-0.39, 0.29) is 0 Å². The molecule has 4 nitrogen and oxygen atoms in total. The third-order valence-electron chi connectivity index (χ3n) is 4.24. The summed E-state index contributed by atoms with van der Waals surface area (Å²) in [4.78, 5) is 0. The molecule has 0 aliphatic heterocycles. The Morgan fingerprint density at radius 1 is 1.20 bits per heavy atom. The maximum absolute atomic E-state index is 6.60. The van der Waals surface area contributed by atoms with Crippen LogP contribution < -0.4 is 5.73 Å². The molecule has 0 atom stereocenters. The summed E-state index contributed by atoms with van der Waals surface area (Å²) in [5.41, 5.74) is 9.97. The molecule has 0 aliphatic rings. The van der Waals surface area contributed by atoms with E-state index in [2.05, 4.69) is 42.0 Å². The van der Waals surface area contributed by atoms with Crippen LogP contribution in [0, 0.1) is 0 Å². The van der Waals surface area contributed by atoms with Gasteiger partial charge in [-0.2, -0.15) is 5.10 Å². The van der Waals surface area contributed by atoms with E-state index in [1.54, 1.807) is 0 Å². The Hall–Kier alpha value is -1.82. The van der Waals surface area contributed by atoms with E-state index in [0.29, 0.717) is 17.4 Å². The fourth-order valence-corrected chi connectivity index (χ4v) is 3.96. The predicted octanol–water partition coefficient (Wildman–Crippen LogP) is 5.32. The SMILES string of the molecule is C[Si](C)(C)CCOCc1c(-c2ccccc2)c(Cl)cc2[nH]nc(N)c12. The number of nitrogens with one attached hydrogen (secondary N) is 1. The van der Waals surface area contributed by atoms with Crippen molar-refractivity contribution >= 4 is 36.4 Å². The van der Waals surface area contributed by atoms with Gasteiger partial charge in [0.15, 0.2) is 5.82 Å². The van der Waals surface area contributed by atoms with Gasteiger partial charge in [-0.1, -0.05) is 61.6 Å². The van der Waals surface area contributed by atoms with Gasteiger partial charge >= 0.3 is 0 Å². The molecule has 0 aliphatic carbocycles. The van der Waals surface area contributed by atoms with Gasteiger partial charge in [0, 0.05) is 31.2 Å². The minimum Gasteiger partial charge on any atom is -0.382 e. The summed E-state index contributed by atoms with van der Waals surface area (Å²) in [6.07, 6.45) is 0. The van der Waals surface area contributed by atoms with Crippen LogP contribution in [0.2, 0.25) is 30.7 Å². The first-order chi connectivity index (χ1) is 11.9. The van der Waals surface area contributed by atoms with Gasteiger partial charge in [-0.3, -0.25) is 5.10 Å². The predicted molar refractivity (Wildman–Crippen MR) is 109 cm³/mol. The largest absolute Gasteiger partial charge is 0.382 e. The topological polar surface area (TPSA) is 63.9 Å². The quantitative estimate of drug-likeness (QED) is 0.454. The highest BCUT2D eigenvalue weighted by Crippen LogP contribution is 2.38. The molecule has 0 saturated heterocycles. The van der Waals surface area contributed by atoms with Gasteiger partial charge in [-0.05, 0) is 17.7 Å². The van der Waals surface area contributed by atoms with Crippen molar-refractivity contribution in [3.8, 4) is 11.1 Å². The number of anilines is 1. The number of H-pyrrole nitrogens is 1. The zero-order chi connectivity index (χ0) is 18.0. The number of halogens is 1. The summed E-state index contributed by atoms with van der Waals surface area (Å²) >= 11 is 6.60. The van der Waals surface area contributed by atoms with Gasteiger partial charge in [0.05, 0.1) is 17.1 Å². The van der Waals surface area contributed by atoms with Crippen LogP contribution in [-0.4, -0.2) is 24.9 Å². The van der Waals surface area contributed by atoms with Crippen LogP contribution in [0.15, 0.2) is 36.4 Å². The second-order valence-electron chi connectivity index (χ2n) is 7.47. The van der Waals surface area contributed by atoms with Crippen molar-refractivity contribution in [1.82, 2.24) is 10.2 Å². The van der Waals surface area contributed by atoms with Crippen LogP contribution in [0.3, 0.4) is 0 Å². The van der Waals surface area contributed by atoms with Crippen molar-refractivity contribution in [2.75, 3.05) is 12.3 Å². The monoisotopic (exact) mass is 373 g/mol. The molecule has 25 heavy (non-hydrogen) atoms. The van der Waals surface area contributed by atoms with Gasteiger partial charge in [0.1, 0.15) is 0 Å². The highest BCUT2D eigenvalue weighted by Gasteiger charge is 2.19. The number of nitrogens with two attached hydrogens (primary N) is 1. The first-order valence-corrected chi connectivity index (χ1v) is 12.5. The third kappa shape index (κ3) is 4.06. The lowest BCUT2D eigenvalue weighted by atomic mass is 9.96. The fourth-order valence-electron chi connectivity index (χ4n) is 2.87. The number of hydrogen-bond donors (Lipinski definition) is 2. The van der Waals surface area contributed by atoms with Crippen molar-refractivity contribution in [1.29, 1.82) is 0 Å². The second kappa shape index (κ2) is 7.20. The molecule has 0 unspecified atom stereocenters. The summed E-state index contributed by atoms with van der Waals surface area (Å²) in [6, 6.07) is 13.1. The third-order valence-corrected chi connectivity index (χ3v) is 6.24. The Kier molecular flexibility index (Phi) is 5.18. The molecule has 2 aromatic carbocycles. The standard InChI is InChI=1S/C19H24ClN3OSi/c1-25(2,3)10-9-24-12-14-17(13-7-5-4-6-8-13)15(20)11-16-18(14)19(21)23-22-16/h4-8,11H,9-10,12H2,1-3H3,(H3,21,22,23). The van der Waals surface area contributed by atoms with Crippen molar-refractivity contribution in [2.45, 2.75) is 32.3 Å². The number of fused-ring (bicyclic) bond motifs is 1. The van der Waals surface area contributed by atoms with E-state index in [1.165, 1.54) is 0 Å². The Morgan fingerprint density at radius 2 is 1.92 bits per heavy atom. The molecule has 3 rings (SSSR count). The van der Waals surface area contributed by atoms with Gasteiger partial charge in [0.25, 0.3) is 0 Å². The number of nitrogens with zero attached hydrogens (tertiary/aromatic N) is 1. The van der Waals surface area contributed by atoms with Crippen LogP contribution in [-0.2, 0) is 11.3 Å². The summed E-state index contributed by atoms with van der Waals surface area (Å²) in [5, 5.41) is 8.67. The van der Waals surface area contributed by atoms with Crippen LogP contribution in [0.1, 0.15) is 5.56 Å². The molecule has 1 aromatic heterocycles. The highest BCUT2D eigenvalue weighted by atomic mass is 35.5. The molecule has 1 heterocycles. The second-order valence-corrected chi connectivity index (χ2v) is 13.5. The van der Waals surface area contributed by atoms with Crippen molar-refractivity contribution in [3.63, 3.8) is 0 Å². The number of aromatic amines is 1. The molecule has 0 spiro atoms. The fraction of sp³-hybridized carbons (Fsp3) is 0.316. The number of ether oxygens (including phenoxy) is 1. The number of hydrogen-bond acceptors (Lipinski definition) is 3. The maximum Gasteiger partial charge on any atom is 0.153 e. The van der Waals surface area contributed by atoms with Crippen LogP contribution in [0.4, 0.5) is 5.82 Å². The Balaban J connectivity index is 2.02. The minimum absolute atomic E-state index is 0.468. The van der Waals surface area contributed by atoms with E-state index in [0.717, 1.165) is 40.2 Å². The van der Waals surface area contributed by atoms with E-state index >= 15 is 0 Å². The lowest BCUT2D eigenvalue weighted by Crippen LogP contribution is -2.21. The van der Waals surface area contributed by atoms with Crippen molar-refractivity contribution in [3.05, 3.63) is 47.0 Å². The molecule has 0 amide bonds. The van der Waals surface area contributed by atoms with Crippen molar-refractivity contribution in [2.24, 2.45) is 0 Å². The van der Waals surface area contributed by atoms with Crippen molar-refractivity contribution < 1.29 is 4.74 Å². The number of nitrogen functional groups attached to an aromatic ring is 1. The highest BCUT2D eigenvalue weighted by molar-refractivity contribution is 6.76. The minimum atomic E-state index is -1.13. The van der Waals surface area contributed by atoms with E-state index in [4.69, 9.17) is 22.1 Å². The van der Waals surface area contributed by atoms with Gasteiger partial charge in [-0.15, -0.1) is 0 Å². The molecule has 132 valence electrons. The Morgan fingerprint density at radius 3 is 2.60 bits per heavy atom. The lowest BCUT2D eigenvalue weighted by molar-refractivity contribution is 0.134. The molecule has 3 N–H and O–H groups in total. The summed E-state index contributed by atoms with van der Waals surface area (Å²) in [7, 11) is -1.13. The average Bonchev–Trinajstić information content (AvgIpc) is 2.92. The molecule has 6 heteroatoms. The smallest absolute Gasteiger partial charge is 0.153 e. The average molecular weight is 374 g/mol. The van der Waals surface area contributed by atoms with E-state index in [1.807, 2.05) is 24.3 Å². The summed E-state index contributed by atoms with van der Waals surface area (Å²) in [5.74, 6) is 0.479. The first-order valence-electron chi connectivity index (χ1n) is 8.45. The summed E-state index contributed by atoms with van der Waals surface area (Å²) < 4.78 is 6.02. The molecule has 0 fully saturated rings. The maximum atomic E-state index is 6.60. The van der Waals surface area contributed by atoms with Gasteiger partial charge < -0.3 is 10.5 Å². The van der Waals surface area contributed by atoms with E-state index in [9.17, 15) is 0 Å². The lowest BCUT2D eigenvalue weighted by Gasteiger charge is -2.17. The zero-order valence-electron chi connectivity index (χ0n) is 14.9. The van der Waals surface area contributed by atoms with Crippen LogP contribution in [0.5, 0.6) is 0 Å². The molecular weight excluding hydrogens is 350 g/mol. The number of aromatic nitrogens is 2. The molecule has 0 radical (unpaired) electrons. The van der Waals surface area contributed by atoms with Gasteiger partial charge in [-0.25, -0.2) is 0 Å². The molecular formula is C19H24ClN3OSi. The van der Waals surface area contributed by atoms with Gasteiger partial charge in [0.2, 0.25) is 0 Å². The molecule has 3 aromatic rings. The van der Waals surface area contributed by atoms with Crippen LogP contribution >= 0.6 is 11.6 Å².